The molecule has 2 aliphatic rings. The summed E-state index contributed by atoms with van der Waals surface area (Å²) in [6.45, 7) is 8.03. The smallest absolute Gasteiger partial charge is 0.407 e. The largest absolute Gasteiger partial charge is 0.481 e. The fourth-order valence-electron chi connectivity index (χ4n) is 5.30. The predicted octanol–water partition coefficient (Wildman–Crippen LogP) is 4.43. The molecular formula is C28H32N2O5. The van der Waals surface area contributed by atoms with Gasteiger partial charge in [-0.05, 0) is 41.0 Å². The number of rotatable bonds is 8. The summed E-state index contributed by atoms with van der Waals surface area (Å²) in [7, 11) is 0. The topological polar surface area (TPSA) is 95.9 Å². The van der Waals surface area contributed by atoms with E-state index in [4.69, 9.17) is 4.74 Å². The van der Waals surface area contributed by atoms with Gasteiger partial charge in [0, 0.05) is 19.0 Å². The van der Waals surface area contributed by atoms with Crippen LogP contribution in [0.4, 0.5) is 4.79 Å². The van der Waals surface area contributed by atoms with Crippen LogP contribution in [0.2, 0.25) is 0 Å². The second kappa shape index (κ2) is 9.94. The minimum Gasteiger partial charge on any atom is -0.481 e. The van der Waals surface area contributed by atoms with E-state index in [1.54, 1.807) is 6.08 Å². The van der Waals surface area contributed by atoms with Crippen molar-refractivity contribution in [2.45, 2.75) is 38.6 Å². The van der Waals surface area contributed by atoms with Crippen molar-refractivity contribution in [3.63, 3.8) is 0 Å². The van der Waals surface area contributed by atoms with Gasteiger partial charge in [0.15, 0.2) is 0 Å². The Bertz CT molecular complexity index is 1100. The number of benzene rings is 2. The molecule has 0 saturated carbocycles. The van der Waals surface area contributed by atoms with Crippen LogP contribution in [0, 0.1) is 11.3 Å². The molecule has 0 bridgehead atoms. The number of fused-ring (bicyclic) bond motifs is 3. The number of hydrogen-bond acceptors (Lipinski definition) is 4. The molecule has 0 radical (unpaired) electrons. The van der Waals surface area contributed by atoms with Gasteiger partial charge in [-0.25, -0.2) is 4.79 Å². The van der Waals surface area contributed by atoms with E-state index in [-0.39, 0.29) is 37.3 Å². The number of amides is 2. The quantitative estimate of drug-likeness (QED) is 0.550. The zero-order valence-electron chi connectivity index (χ0n) is 20.2. The molecule has 2 unspecified atom stereocenters. The zero-order valence-corrected chi connectivity index (χ0v) is 20.2. The Morgan fingerprint density at radius 1 is 1.14 bits per heavy atom. The van der Waals surface area contributed by atoms with Crippen molar-refractivity contribution in [2.75, 3.05) is 19.7 Å². The molecular weight excluding hydrogens is 444 g/mol. The molecule has 7 nitrogen and oxygen atoms in total. The molecule has 1 saturated heterocycles. The van der Waals surface area contributed by atoms with Crippen LogP contribution in [0.1, 0.15) is 43.7 Å². The highest BCUT2D eigenvalue weighted by atomic mass is 16.5. The number of carbonyl (C=O) groups is 3. The van der Waals surface area contributed by atoms with Crippen LogP contribution in [-0.4, -0.2) is 53.7 Å². The van der Waals surface area contributed by atoms with Crippen LogP contribution in [0.25, 0.3) is 11.1 Å². The summed E-state index contributed by atoms with van der Waals surface area (Å²) in [6, 6.07) is 15.3. The Balaban J connectivity index is 1.42. The molecule has 0 spiro atoms. The Morgan fingerprint density at radius 2 is 1.74 bits per heavy atom. The molecule has 1 fully saturated rings. The van der Waals surface area contributed by atoms with Crippen molar-refractivity contribution < 1.29 is 24.2 Å². The van der Waals surface area contributed by atoms with Gasteiger partial charge in [0.2, 0.25) is 5.91 Å². The molecule has 0 aromatic heterocycles. The zero-order chi connectivity index (χ0) is 25.2. The highest BCUT2D eigenvalue weighted by Gasteiger charge is 2.49. The van der Waals surface area contributed by atoms with Crippen LogP contribution in [0.3, 0.4) is 0 Å². The van der Waals surface area contributed by atoms with E-state index in [0.717, 1.165) is 22.3 Å². The lowest BCUT2D eigenvalue weighted by molar-refractivity contribution is -0.151. The summed E-state index contributed by atoms with van der Waals surface area (Å²) in [6.07, 6.45) is 1.49. The molecule has 35 heavy (non-hydrogen) atoms. The number of ether oxygens (including phenoxy) is 1. The molecule has 184 valence electrons. The normalized spacial score (nSPS) is 19.7. The first kappa shape index (κ1) is 24.5. The maximum absolute atomic E-state index is 13.2. The molecule has 2 atom stereocenters. The van der Waals surface area contributed by atoms with Gasteiger partial charge in [-0.1, -0.05) is 68.5 Å². The van der Waals surface area contributed by atoms with Gasteiger partial charge in [-0.3, -0.25) is 9.59 Å². The molecule has 2 amide bonds. The maximum Gasteiger partial charge on any atom is 0.407 e. The Kier molecular flexibility index (Phi) is 6.96. The lowest BCUT2D eigenvalue weighted by Gasteiger charge is -2.29. The van der Waals surface area contributed by atoms with E-state index < -0.39 is 23.5 Å². The summed E-state index contributed by atoms with van der Waals surface area (Å²) >= 11 is 0. The third-order valence-electron chi connectivity index (χ3n) is 7.48. The molecule has 1 aliphatic carbocycles. The minimum absolute atomic E-state index is 0.0810. The minimum atomic E-state index is -0.974. The summed E-state index contributed by atoms with van der Waals surface area (Å²) in [5.74, 6) is -1.41. The number of aliphatic carboxylic acids is 1. The first-order chi connectivity index (χ1) is 16.8. The average Bonchev–Trinajstić information content (AvgIpc) is 3.43. The van der Waals surface area contributed by atoms with E-state index in [1.807, 2.05) is 50.2 Å². The number of carbonyl (C=O) groups excluding carboxylic acids is 2. The van der Waals surface area contributed by atoms with Gasteiger partial charge in [0.25, 0.3) is 0 Å². The SMILES string of the molecule is C=CCC(NC(=O)OCC1c2ccccc2-c2ccccc21)C(=O)N1CCC(C(=O)O)(C(C)C)C1. The lowest BCUT2D eigenvalue weighted by Crippen LogP contribution is -2.49. The molecule has 7 heteroatoms. The second-order valence-corrected chi connectivity index (χ2v) is 9.67. The fourth-order valence-corrected chi connectivity index (χ4v) is 5.30. The molecule has 4 rings (SSSR count). The van der Waals surface area contributed by atoms with Crippen molar-refractivity contribution in [2.24, 2.45) is 11.3 Å². The van der Waals surface area contributed by atoms with Crippen molar-refractivity contribution in [1.82, 2.24) is 10.2 Å². The number of carboxylic acid groups (broad SMARTS) is 1. The van der Waals surface area contributed by atoms with Crippen molar-refractivity contribution >= 4 is 18.0 Å². The van der Waals surface area contributed by atoms with Gasteiger partial charge in [-0.15, -0.1) is 6.58 Å². The average molecular weight is 477 g/mol. The summed E-state index contributed by atoms with van der Waals surface area (Å²) in [5.41, 5.74) is 3.51. The Hall–Kier alpha value is -3.61. The van der Waals surface area contributed by atoms with E-state index in [1.165, 1.54) is 4.90 Å². The third-order valence-corrected chi connectivity index (χ3v) is 7.48. The third kappa shape index (κ3) is 4.55. The number of likely N-dealkylation sites (tertiary alicyclic amines) is 1. The highest BCUT2D eigenvalue weighted by Crippen LogP contribution is 2.44. The molecule has 2 aromatic carbocycles. The van der Waals surface area contributed by atoms with E-state index >= 15 is 0 Å². The molecule has 2 N–H and O–H groups in total. The number of nitrogens with zero attached hydrogens (tertiary/aromatic N) is 1. The van der Waals surface area contributed by atoms with Crippen molar-refractivity contribution in [3.05, 3.63) is 72.3 Å². The number of alkyl carbamates (subject to hydrolysis) is 1. The van der Waals surface area contributed by atoms with Crippen LogP contribution in [-0.2, 0) is 14.3 Å². The van der Waals surface area contributed by atoms with E-state index in [2.05, 4.69) is 24.0 Å². The summed E-state index contributed by atoms with van der Waals surface area (Å²) in [5, 5.41) is 12.5. The van der Waals surface area contributed by atoms with Gasteiger partial charge in [0.1, 0.15) is 12.6 Å². The maximum atomic E-state index is 13.2. The second-order valence-electron chi connectivity index (χ2n) is 9.67. The first-order valence-corrected chi connectivity index (χ1v) is 12.0. The highest BCUT2D eigenvalue weighted by molar-refractivity contribution is 5.87. The molecule has 1 heterocycles. The summed E-state index contributed by atoms with van der Waals surface area (Å²) in [4.78, 5) is 39.4. The van der Waals surface area contributed by atoms with Gasteiger partial charge in [-0.2, -0.15) is 0 Å². The van der Waals surface area contributed by atoms with Gasteiger partial charge < -0.3 is 20.1 Å². The predicted molar refractivity (Wildman–Crippen MR) is 133 cm³/mol. The number of carboxylic acids is 1. The number of nitrogens with one attached hydrogen (secondary N) is 1. The number of hydrogen-bond donors (Lipinski definition) is 2. The fraction of sp³-hybridized carbons (Fsp3) is 0.393. The standard InChI is InChI=1S/C28H32N2O5/c1-4-9-24(25(31)30-15-14-28(17-30,18(2)3)26(32)33)29-27(34)35-16-23-21-12-7-5-10-19(21)20-11-6-8-13-22(20)23/h4-8,10-13,18,23-24H,1,9,14-17H2,2-3H3,(H,29,34)(H,32,33). The lowest BCUT2D eigenvalue weighted by atomic mass is 9.76. The molecule has 2 aromatic rings. The van der Waals surface area contributed by atoms with Crippen LogP contribution < -0.4 is 5.32 Å². The Morgan fingerprint density at radius 3 is 2.26 bits per heavy atom. The van der Waals surface area contributed by atoms with E-state index in [9.17, 15) is 19.5 Å². The van der Waals surface area contributed by atoms with E-state index in [0.29, 0.717) is 13.0 Å². The van der Waals surface area contributed by atoms with Gasteiger partial charge in [0.05, 0.1) is 5.41 Å². The Labute approximate surface area is 205 Å². The first-order valence-electron chi connectivity index (χ1n) is 12.0. The molecule has 1 aliphatic heterocycles. The monoisotopic (exact) mass is 476 g/mol. The van der Waals surface area contributed by atoms with Crippen molar-refractivity contribution in [3.8, 4) is 11.1 Å². The van der Waals surface area contributed by atoms with Crippen LogP contribution in [0.15, 0.2) is 61.2 Å². The van der Waals surface area contributed by atoms with Crippen LogP contribution >= 0.6 is 0 Å². The summed E-state index contributed by atoms with van der Waals surface area (Å²) < 4.78 is 5.60. The van der Waals surface area contributed by atoms with Crippen LogP contribution in [0.5, 0.6) is 0 Å². The van der Waals surface area contributed by atoms with Crippen molar-refractivity contribution in [1.29, 1.82) is 0 Å². The van der Waals surface area contributed by atoms with Gasteiger partial charge >= 0.3 is 12.1 Å².